The van der Waals surface area contributed by atoms with Crippen LogP contribution in [-0.2, 0) is 9.53 Å². The summed E-state index contributed by atoms with van der Waals surface area (Å²) in [6, 6.07) is 6.04. The molecule has 1 atom stereocenters. The molecule has 0 amide bonds. The molecule has 1 aromatic rings. The minimum atomic E-state index is -0.457. The molecule has 0 aliphatic heterocycles. The van der Waals surface area contributed by atoms with Crippen molar-refractivity contribution >= 4 is 39.8 Å². The highest BCUT2D eigenvalue weighted by Crippen LogP contribution is 2.23. The molecule has 0 N–H and O–H groups in total. The van der Waals surface area contributed by atoms with Gasteiger partial charge >= 0.3 is 0 Å². The first-order valence-electron chi connectivity index (χ1n) is 6.05. The van der Waals surface area contributed by atoms with Crippen molar-refractivity contribution in [2.75, 3.05) is 6.61 Å². The molecule has 7 heteroatoms. The molecule has 0 bridgehead atoms. The van der Waals surface area contributed by atoms with Crippen molar-refractivity contribution in [2.24, 2.45) is 5.92 Å². The number of ether oxygens (including phenoxy) is 1. The van der Waals surface area contributed by atoms with Crippen LogP contribution in [-0.4, -0.2) is 21.7 Å². The maximum Gasteiger partial charge on any atom is 0.269 e. The lowest BCUT2D eigenvalue weighted by Gasteiger charge is -2.11. The molecule has 0 aliphatic carbocycles. The van der Waals surface area contributed by atoms with Crippen LogP contribution in [0, 0.1) is 16.0 Å². The van der Waals surface area contributed by atoms with E-state index in [4.69, 9.17) is 17.0 Å². The van der Waals surface area contributed by atoms with Crippen LogP contribution in [0.4, 0.5) is 5.69 Å². The highest BCUT2D eigenvalue weighted by Gasteiger charge is 2.13. The predicted octanol–water partition coefficient (Wildman–Crippen LogP) is 3.60. The number of nitrogens with zero attached hydrogens (tertiary/aromatic N) is 1. The fourth-order valence-electron chi connectivity index (χ4n) is 1.40. The van der Waals surface area contributed by atoms with Crippen LogP contribution >= 0.6 is 24.0 Å². The molecule has 0 heterocycles. The minimum Gasteiger partial charge on any atom is -0.478 e. The SMILES string of the molecule is CCC(=O)C(C)COC(=S)Sc1ccc([N+](=O)[O-])cc1. The Hall–Kier alpha value is -1.47. The molecule has 0 spiro atoms. The van der Waals surface area contributed by atoms with Crippen LogP contribution < -0.4 is 0 Å². The number of nitro benzene ring substituents is 1. The fourth-order valence-corrected chi connectivity index (χ4v) is 2.34. The number of rotatable bonds is 6. The Bertz CT molecular complexity index is 502. The Morgan fingerprint density at radius 3 is 2.55 bits per heavy atom. The number of nitro groups is 1. The summed E-state index contributed by atoms with van der Waals surface area (Å²) in [5.41, 5.74) is 0.0309. The topological polar surface area (TPSA) is 69.4 Å². The summed E-state index contributed by atoms with van der Waals surface area (Å²) in [7, 11) is 0. The van der Waals surface area contributed by atoms with E-state index in [1.165, 1.54) is 23.9 Å². The van der Waals surface area contributed by atoms with Gasteiger partial charge in [-0.25, -0.2) is 0 Å². The number of thioether (sulfide) groups is 1. The molecular formula is C13H15NO4S2. The first-order chi connectivity index (χ1) is 9.43. The average Bonchev–Trinajstić information content (AvgIpc) is 2.44. The van der Waals surface area contributed by atoms with E-state index in [0.717, 1.165) is 4.90 Å². The van der Waals surface area contributed by atoms with Gasteiger partial charge in [0.25, 0.3) is 5.69 Å². The second-order valence-electron chi connectivity index (χ2n) is 4.13. The molecular weight excluding hydrogens is 298 g/mol. The van der Waals surface area contributed by atoms with Crippen LogP contribution in [0.3, 0.4) is 0 Å². The number of benzene rings is 1. The molecule has 1 unspecified atom stereocenters. The van der Waals surface area contributed by atoms with Gasteiger partial charge in [0.2, 0.25) is 4.38 Å². The number of non-ortho nitro benzene ring substituents is 1. The minimum absolute atomic E-state index is 0.0309. The number of carbonyl (C=O) groups is 1. The molecule has 0 aliphatic rings. The smallest absolute Gasteiger partial charge is 0.269 e. The van der Waals surface area contributed by atoms with Crippen molar-refractivity contribution in [2.45, 2.75) is 25.2 Å². The number of hydrogen-bond donors (Lipinski definition) is 0. The number of ketones is 1. The zero-order valence-electron chi connectivity index (χ0n) is 11.2. The summed E-state index contributed by atoms with van der Waals surface area (Å²) in [6.45, 7) is 3.86. The van der Waals surface area contributed by atoms with Gasteiger partial charge in [0.1, 0.15) is 5.78 Å². The molecule has 0 aromatic heterocycles. The first-order valence-corrected chi connectivity index (χ1v) is 7.28. The molecule has 108 valence electrons. The van der Waals surface area contributed by atoms with Gasteiger partial charge in [-0.05, 0) is 36.1 Å². The second-order valence-corrected chi connectivity index (χ2v) is 5.81. The Morgan fingerprint density at radius 1 is 1.45 bits per heavy atom. The van der Waals surface area contributed by atoms with Crippen LogP contribution in [0.2, 0.25) is 0 Å². The van der Waals surface area contributed by atoms with Gasteiger partial charge in [-0.15, -0.1) is 0 Å². The molecule has 0 radical (unpaired) electrons. The number of Topliss-reactive ketones (excluding diaryl/α,β-unsaturated/α-hetero) is 1. The zero-order chi connectivity index (χ0) is 15.1. The predicted molar refractivity (Wildman–Crippen MR) is 82.0 cm³/mol. The number of hydrogen-bond acceptors (Lipinski definition) is 6. The van der Waals surface area contributed by atoms with Gasteiger partial charge in [0, 0.05) is 29.4 Å². The molecule has 1 aromatic carbocycles. The van der Waals surface area contributed by atoms with Crippen LogP contribution in [0.1, 0.15) is 20.3 Å². The van der Waals surface area contributed by atoms with Crippen molar-refractivity contribution in [3.8, 4) is 0 Å². The van der Waals surface area contributed by atoms with E-state index in [9.17, 15) is 14.9 Å². The van der Waals surface area contributed by atoms with E-state index in [1.807, 2.05) is 6.92 Å². The number of thiocarbonyl (C=S) groups is 1. The molecule has 1 rings (SSSR count). The molecule has 5 nitrogen and oxygen atoms in total. The van der Waals surface area contributed by atoms with Gasteiger partial charge in [-0.2, -0.15) is 0 Å². The molecule has 0 saturated carbocycles. The van der Waals surface area contributed by atoms with Gasteiger partial charge < -0.3 is 4.74 Å². The van der Waals surface area contributed by atoms with E-state index >= 15 is 0 Å². The highest BCUT2D eigenvalue weighted by molar-refractivity contribution is 8.22. The Labute approximate surface area is 126 Å². The standard InChI is InChI=1S/C13H15NO4S2/c1-3-12(15)9(2)8-18-13(19)20-11-6-4-10(5-7-11)14(16)17/h4-7,9H,3,8H2,1-2H3. The lowest BCUT2D eigenvalue weighted by Crippen LogP contribution is -2.17. The Balaban J connectivity index is 2.46. The third-order valence-corrected chi connectivity index (χ3v) is 3.76. The zero-order valence-corrected chi connectivity index (χ0v) is 12.8. The summed E-state index contributed by atoms with van der Waals surface area (Å²) < 4.78 is 5.65. The largest absolute Gasteiger partial charge is 0.478 e. The quantitative estimate of drug-likeness (QED) is 0.346. The van der Waals surface area contributed by atoms with Crippen LogP contribution in [0.25, 0.3) is 0 Å². The molecule has 20 heavy (non-hydrogen) atoms. The van der Waals surface area contributed by atoms with Crippen molar-refractivity contribution in [3.05, 3.63) is 34.4 Å². The Kier molecular flexibility index (Phi) is 6.60. The van der Waals surface area contributed by atoms with E-state index in [1.54, 1.807) is 19.1 Å². The Morgan fingerprint density at radius 2 is 2.05 bits per heavy atom. The van der Waals surface area contributed by atoms with E-state index in [-0.39, 0.29) is 24.0 Å². The second kappa shape index (κ2) is 7.96. The van der Waals surface area contributed by atoms with E-state index < -0.39 is 4.92 Å². The lowest BCUT2D eigenvalue weighted by molar-refractivity contribution is -0.384. The number of carbonyl (C=O) groups excluding carboxylic acids is 1. The van der Waals surface area contributed by atoms with Gasteiger partial charge in [-0.1, -0.05) is 13.8 Å². The fraction of sp³-hybridized carbons (Fsp3) is 0.385. The van der Waals surface area contributed by atoms with Crippen molar-refractivity contribution in [1.29, 1.82) is 0 Å². The summed E-state index contributed by atoms with van der Waals surface area (Å²) in [4.78, 5) is 22.2. The van der Waals surface area contributed by atoms with Gasteiger partial charge in [0.05, 0.1) is 11.5 Å². The van der Waals surface area contributed by atoms with Crippen LogP contribution in [0.15, 0.2) is 29.2 Å². The highest BCUT2D eigenvalue weighted by atomic mass is 32.2. The monoisotopic (exact) mass is 313 g/mol. The summed E-state index contributed by atoms with van der Waals surface area (Å²) in [5.74, 6) is -0.0523. The molecule has 0 fully saturated rings. The van der Waals surface area contributed by atoms with Crippen molar-refractivity contribution in [1.82, 2.24) is 0 Å². The first kappa shape index (κ1) is 16.6. The van der Waals surface area contributed by atoms with E-state index in [0.29, 0.717) is 10.8 Å². The maximum absolute atomic E-state index is 11.4. The van der Waals surface area contributed by atoms with Gasteiger partial charge in [-0.3, -0.25) is 14.9 Å². The maximum atomic E-state index is 11.4. The third kappa shape index (κ3) is 5.26. The summed E-state index contributed by atoms with van der Waals surface area (Å²) in [6.07, 6.45) is 0.479. The summed E-state index contributed by atoms with van der Waals surface area (Å²) >= 11 is 6.26. The molecule has 0 saturated heterocycles. The summed E-state index contributed by atoms with van der Waals surface area (Å²) in [5, 5.41) is 10.5. The van der Waals surface area contributed by atoms with Crippen molar-refractivity contribution < 1.29 is 14.5 Å². The van der Waals surface area contributed by atoms with E-state index in [2.05, 4.69) is 0 Å². The average molecular weight is 313 g/mol. The normalized spacial score (nSPS) is 11.7. The van der Waals surface area contributed by atoms with Crippen LogP contribution in [0.5, 0.6) is 0 Å². The third-order valence-electron chi connectivity index (χ3n) is 2.60. The lowest BCUT2D eigenvalue weighted by atomic mass is 10.1. The van der Waals surface area contributed by atoms with Gasteiger partial charge in [0.15, 0.2) is 0 Å². The van der Waals surface area contributed by atoms with Crippen molar-refractivity contribution in [3.63, 3.8) is 0 Å².